The van der Waals surface area contributed by atoms with E-state index in [1.54, 1.807) is 38.7 Å². The van der Waals surface area contributed by atoms with Crippen molar-refractivity contribution in [3.05, 3.63) is 90.5 Å². The van der Waals surface area contributed by atoms with Crippen LogP contribution in [0.5, 0.6) is 23.1 Å². The fourth-order valence-corrected chi connectivity index (χ4v) is 6.16. The van der Waals surface area contributed by atoms with Gasteiger partial charge in [-0.2, -0.15) is 9.97 Å². The first-order valence-electron chi connectivity index (χ1n) is 16.9. The van der Waals surface area contributed by atoms with Crippen LogP contribution in [-0.4, -0.2) is 71.7 Å². The molecule has 4 heterocycles. The molecule has 13 heteroatoms. The molecule has 2 N–H and O–H groups in total. The number of rotatable bonds is 17. The van der Waals surface area contributed by atoms with Gasteiger partial charge >= 0.3 is 0 Å². The highest BCUT2D eigenvalue weighted by Crippen LogP contribution is 2.38. The summed E-state index contributed by atoms with van der Waals surface area (Å²) in [5, 5.41) is 13.9. The monoisotopic (exact) mass is 708 g/mol. The molecule has 0 saturated carbocycles. The van der Waals surface area contributed by atoms with Crippen LogP contribution in [0, 0.1) is 0 Å². The maximum absolute atomic E-state index is 9.17. The van der Waals surface area contributed by atoms with Gasteiger partial charge in [-0.25, -0.2) is 0 Å². The zero-order chi connectivity index (χ0) is 35.8. The maximum Gasteiger partial charge on any atom is 0.228 e. The van der Waals surface area contributed by atoms with Crippen LogP contribution in [0.2, 0.25) is 25.7 Å². The average Bonchev–Trinajstić information content (AvgIpc) is 3.52. The van der Waals surface area contributed by atoms with Crippen LogP contribution < -0.4 is 24.3 Å². The molecule has 0 unspecified atom stereocenters. The summed E-state index contributed by atoms with van der Waals surface area (Å²) < 4.78 is 31.6. The summed E-state index contributed by atoms with van der Waals surface area (Å²) in [5.41, 5.74) is 5.01. The summed E-state index contributed by atoms with van der Waals surface area (Å²) in [6.07, 6.45) is 5.43. The normalized spacial score (nSPS) is 11.6. The first kappa shape index (κ1) is 35.6. The van der Waals surface area contributed by atoms with Crippen molar-refractivity contribution in [2.24, 2.45) is 0 Å². The van der Waals surface area contributed by atoms with Crippen molar-refractivity contribution >= 4 is 36.0 Å². The molecule has 0 aliphatic heterocycles. The lowest BCUT2D eigenvalue weighted by molar-refractivity contribution is 0.0899. The molecule has 0 spiro atoms. The minimum atomic E-state index is -1.27. The van der Waals surface area contributed by atoms with Crippen LogP contribution in [0.3, 0.4) is 0 Å². The minimum Gasteiger partial charge on any atom is -0.497 e. The van der Waals surface area contributed by atoms with Crippen molar-refractivity contribution in [3.8, 4) is 34.3 Å². The van der Waals surface area contributed by atoms with Gasteiger partial charge < -0.3 is 38.7 Å². The number of pyridine rings is 2. The largest absolute Gasteiger partial charge is 0.497 e. The number of fused-ring (bicyclic) bond motifs is 2. The van der Waals surface area contributed by atoms with Crippen LogP contribution in [-0.2, 0) is 24.7 Å². The Bertz CT molecular complexity index is 2080. The molecule has 4 aromatic heterocycles. The van der Waals surface area contributed by atoms with Crippen molar-refractivity contribution in [3.63, 3.8) is 0 Å². The molecule has 0 atom stereocenters. The van der Waals surface area contributed by atoms with Crippen LogP contribution in [0.1, 0.15) is 11.3 Å². The molecule has 0 amide bonds. The number of aliphatic hydroxyl groups excluding tert-OH is 1. The smallest absolute Gasteiger partial charge is 0.228 e. The summed E-state index contributed by atoms with van der Waals surface area (Å²) in [5.74, 6) is 2.88. The highest BCUT2D eigenvalue weighted by molar-refractivity contribution is 6.76. The lowest BCUT2D eigenvalue weighted by Crippen LogP contribution is -2.22. The van der Waals surface area contributed by atoms with E-state index in [9.17, 15) is 5.11 Å². The van der Waals surface area contributed by atoms with Gasteiger partial charge in [-0.15, -0.1) is 0 Å². The topological polar surface area (TPSA) is 135 Å². The summed E-state index contributed by atoms with van der Waals surface area (Å²) in [6, 6.07) is 20.5. The van der Waals surface area contributed by atoms with Gasteiger partial charge in [-0.05, 0) is 53.6 Å². The molecule has 0 aliphatic carbocycles. The van der Waals surface area contributed by atoms with Gasteiger partial charge in [0, 0.05) is 51.1 Å². The van der Waals surface area contributed by atoms with E-state index in [1.807, 2.05) is 53.2 Å². The second-order valence-corrected chi connectivity index (χ2v) is 18.8. The molecule has 6 aromatic rings. The molecule has 0 saturated heterocycles. The molecular weight excluding hydrogens is 665 g/mol. The molecule has 6 rings (SSSR count). The minimum absolute atomic E-state index is 0.0790. The third kappa shape index (κ3) is 9.11. The fourth-order valence-electron chi connectivity index (χ4n) is 5.41. The number of nitrogens with zero attached hydrogens (tertiary/aromatic N) is 5. The zero-order valence-corrected chi connectivity index (χ0v) is 30.7. The molecule has 51 heavy (non-hydrogen) atoms. The second-order valence-electron chi connectivity index (χ2n) is 13.2. The predicted molar refractivity (Wildman–Crippen MR) is 200 cm³/mol. The highest BCUT2D eigenvalue weighted by atomic mass is 28.3. The molecule has 0 aliphatic rings. The number of hydrogen-bond acceptors (Lipinski definition) is 11. The van der Waals surface area contributed by atoms with Gasteiger partial charge in [0.05, 0.1) is 36.5 Å². The quantitative estimate of drug-likeness (QED) is 0.0754. The Balaban J connectivity index is 1.35. The van der Waals surface area contributed by atoms with Gasteiger partial charge in [-0.1, -0.05) is 37.8 Å². The number of aromatic nitrogens is 5. The van der Waals surface area contributed by atoms with Gasteiger partial charge in [0.2, 0.25) is 11.8 Å². The highest BCUT2D eigenvalue weighted by Gasteiger charge is 2.21. The van der Waals surface area contributed by atoms with E-state index in [2.05, 4.69) is 41.0 Å². The molecule has 0 fully saturated rings. The van der Waals surface area contributed by atoms with Crippen LogP contribution in [0.15, 0.2) is 79.3 Å². The molecule has 266 valence electrons. The van der Waals surface area contributed by atoms with E-state index in [-0.39, 0.29) is 19.8 Å². The molecule has 2 aromatic carbocycles. The van der Waals surface area contributed by atoms with E-state index in [1.165, 1.54) is 0 Å². The van der Waals surface area contributed by atoms with E-state index >= 15 is 0 Å². The van der Waals surface area contributed by atoms with Crippen LogP contribution in [0.4, 0.5) is 5.95 Å². The number of aliphatic hydroxyl groups is 1. The molecule has 0 bridgehead atoms. The Morgan fingerprint density at radius 3 is 2.45 bits per heavy atom. The van der Waals surface area contributed by atoms with Crippen LogP contribution in [0.25, 0.3) is 33.1 Å². The van der Waals surface area contributed by atoms with Crippen molar-refractivity contribution in [2.45, 2.75) is 45.6 Å². The van der Waals surface area contributed by atoms with E-state index < -0.39 is 8.07 Å². The fraction of sp³-hybridized carbons (Fsp3) is 0.316. The predicted octanol–water partition coefficient (Wildman–Crippen LogP) is 6.93. The maximum atomic E-state index is 9.17. The van der Waals surface area contributed by atoms with Crippen molar-refractivity contribution in [2.75, 3.05) is 39.3 Å². The lowest BCUT2D eigenvalue weighted by atomic mass is 10.0. The number of ether oxygens (including phenoxy) is 5. The lowest BCUT2D eigenvalue weighted by Gasteiger charge is -2.15. The molecular formula is C38H44N6O6Si. The molecule has 0 radical (unpaired) electrons. The van der Waals surface area contributed by atoms with Crippen molar-refractivity contribution < 1.29 is 28.8 Å². The Labute approximate surface area is 298 Å². The van der Waals surface area contributed by atoms with Crippen molar-refractivity contribution in [1.82, 2.24) is 24.5 Å². The van der Waals surface area contributed by atoms with Crippen LogP contribution >= 0.6 is 0 Å². The number of anilines is 1. The van der Waals surface area contributed by atoms with Crippen molar-refractivity contribution in [1.29, 1.82) is 0 Å². The average molecular weight is 709 g/mol. The summed E-state index contributed by atoms with van der Waals surface area (Å²) in [6.45, 7) is 8.65. The van der Waals surface area contributed by atoms with Gasteiger partial charge in [0.15, 0.2) is 5.65 Å². The third-order valence-corrected chi connectivity index (χ3v) is 9.87. The second kappa shape index (κ2) is 16.2. The number of methoxy groups -OCH3 is 1. The number of nitrogens with one attached hydrogen (secondary N) is 1. The van der Waals surface area contributed by atoms with Gasteiger partial charge in [-0.3, -0.25) is 9.97 Å². The zero-order valence-electron chi connectivity index (χ0n) is 29.7. The number of hydrogen-bond donors (Lipinski definition) is 2. The molecule has 12 nitrogen and oxygen atoms in total. The Morgan fingerprint density at radius 2 is 1.69 bits per heavy atom. The Hall–Kier alpha value is -5.24. The Morgan fingerprint density at radius 1 is 0.843 bits per heavy atom. The van der Waals surface area contributed by atoms with E-state index in [0.717, 1.165) is 44.8 Å². The SMILES string of the molecule is CNc1nc(OCc2cc(OCCO)ccn2)c2c(-c3ccc4ncc(OCc5ccc(OC)cc5)cc4c3)cn(COCC[Si](C)(C)C)c2n1. The van der Waals surface area contributed by atoms with Gasteiger partial charge in [0.1, 0.15) is 43.8 Å². The van der Waals surface area contributed by atoms with E-state index in [4.69, 9.17) is 33.7 Å². The summed E-state index contributed by atoms with van der Waals surface area (Å²) in [7, 11) is 2.15. The Kier molecular flexibility index (Phi) is 11.3. The first-order chi connectivity index (χ1) is 24.7. The van der Waals surface area contributed by atoms with E-state index in [0.29, 0.717) is 54.6 Å². The third-order valence-electron chi connectivity index (χ3n) is 8.17. The standard InChI is InChI=1S/C38H44N6O6Si/c1-39-38-42-36-35(37(43-38)50-24-29-20-31(12-13-40-29)48-15-14-45)33(22-44(36)25-47-16-17-51(3,4)5)27-8-11-34-28(18-27)19-32(21-41-34)49-23-26-6-9-30(46-2)10-7-26/h6-13,18-22,45H,14-17,23-25H2,1-5H3,(H,39,42,43). The first-order valence-corrected chi connectivity index (χ1v) is 20.6. The van der Waals surface area contributed by atoms with Gasteiger partial charge in [0.25, 0.3) is 0 Å². The number of benzene rings is 2. The summed E-state index contributed by atoms with van der Waals surface area (Å²) in [4.78, 5) is 18.7. The summed E-state index contributed by atoms with van der Waals surface area (Å²) >= 11 is 0.